The van der Waals surface area contributed by atoms with Gasteiger partial charge in [0.25, 0.3) is 5.91 Å². The molecule has 1 saturated heterocycles. The molecule has 1 atom stereocenters. The van der Waals surface area contributed by atoms with Crippen LogP contribution >= 0.6 is 0 Å². The number of carbonyl (C=O) groups excluding carboxylic acids is 2. The van der Waals surface area contributed by atoms with Crippen LogP contribution in [-0.2, 0) is 24.3 Å². The molecule has 1 amide bonds. The Hall–Kier alpha value is -2.00. The van der Waals surface area contributed by atoms with Crippen LogP contribution in [0.5, 0.6) is 0 Å². The summed E-state index contributed by atoms with van der Waals surface area (Å²) in [5, 5.41) is 2.57. The highest BCUT2D eigenvalue weighted by atomic mass is 32.2. The van der Waals surface area contributed by atoms with E-state index in [0.29, 0.717) is 6.42 Å². The Labute approximate surface area is 146 Å². The molecule has 0 aromatic heterocycles. The van der Waals surface area contributed by atoms with Crippen LogP contribution in [0.1, 0.15) is 26.7 Å². The summed E-state index contributed by atoms with van der Waals surface area (Å²) in [6, 6.07) is 3.84. The number of ether oxygens (including phenoxy) is 1. The molecule has 1 aromatic carbocycles. The first-order chi connectivity index (χ1) is 11.7. The Bertz CT molecular complexity index is 751. The van der Waals surface area contributed by atoms with Crippen molar-refractivity contribution in [2.45, 2.75) is 43.7 Å². The van der Waals surface area contributed by atoms with E-state index < -0.39 is 45.3 Å². The molecule has 1 aromatic rings. The standard InChI is InChI=1S/C16H21FN2O5S/c1-11(2)18-15(20)10-24-16(21)13-7-5-9-19(13)25(22,23)14-8-4-3-6-12(14)17/h3-4,6,8,11,13H,5,7,9-10H2,1-2H3,(H,18,20)/t13-/m0/s1. The molecule has 1 N–H and O–H groups in total. The lowest BCUT2D eigenvalue weighted by atomic mass is 10.2. The van der Waals surface area contributed by atoms with E-state index in [1.807, 2.05) is 0 Å². The summed E-state index contributed by atoms with van der Waals surface area (Å²) in [6.07, 6.45) is 0.712. The molecule has 2 rings (SSSR count). The van der Waals surface area contributed by atoms with Crippen LogP contribution < -0.4 is 5.32 Å². The van der Waals surface area contributed by atoms with E-state index in [0.717, 1.165) is 16.4 Å². The van der Waals surface area contributed by atoms with E-state index in [1.54, 1.807) is 13.8 Å². The van der Waals surface area contributed by atoms with E-state index in [1.165, 1.54) is 12.1 Å². The molecule has 0 saturated carbocycles. The maximum atomic E-state index is 13.9. The molecule has 1 aliphatic rings. The third-order valence-electron chi connectivity index (χ3n) is 3.69. The maximum Gasteiger partial charge on any atom is 0.324 e. The fraction of sp³-hybridized carbons (Fsp3) is 0.500. The number of nitrogens with zero attached hydrogens (tertiary/aromatic N) is 1. The van der Waals surface area contributed by atoms with Crippen LogP contribution in [0.15, 0.2) is 29.2 Å². The SMILES string of the molecule is CC(C)NC(=O)COC(=O)[C@@H]1CCCN1S(=O)(=O)c1ccccc1F. The predicted octanol–water partition coefficient (Wildman–Crippen LogP) is 1.05. The normalized spacial score (nSPS) is 18.3. The van der Waals surface area contributed by atoms with Gasteiger partial charge in [0.2, 0.25) is 10.0 Å². The Morgan fingerprint density at radius 3 is 2.68 bits per heavy atom. The van der Waals surface area contributed by atoms with Gasteiger partial charge in [0.1, 0.15) is 16.8 Å². The van der Waals surface area contributed by atoms with Gasteiger partial charge in [0.15, 0.2) is 6.61 Å². The number of rotatable bonds is 6. The van der Waals surface area contributed by atoms with Crippen molar-refractivity contribution in [1.29, 1.82) is 0 Å². The van der Waals surface area contributed by atoms with Gasteiger partial charge in [-0.1, -0.05) is 12.1 Å². The van der Waals surface area contributed by atoms with Crippen molar-refractivity contribution >= 4 is 21.9 Å². The lowest BCUT2D eigenvalue weighted by Crippen LogP contribution is -2.43. The highest BCUT2D eigenvalue weighted by molar-refractivity contribution is 7.89. The Morgan fingerprint density at radius 1 is 1.36 bits per heavy atom. The first kappa shape index (κ1) is 19.3. The molecule has 0 bridgehead atoms. The average Bonchev–Trinajstić information content (AvgIpc) is 3.02. The number of amides is 1. The summed E-state index contributed by atoms with van der Waals surface area (Å²) >= 11 is 0. The topological polar surface area (TPSA) is 92.8 Å². The molecular weight excluding hydrogens is 351 g/mol. The van der Waals surface area contributed by atoms with Gasteiger partial charge in [0.05, 0.1) is 0 Å². The van der Waals surface area contributed by atoms with E-state index in [-0.39, 0.29) is 19.0 Å². The second-order valence-electron chi connectivity index (χ2n) is 6.03. The maximum absolute atomic E-state index is 13.9. The fourth-order valence-electron chi connectivity index (χ4n) is 2.64. The minimum Gasteiger partial charge on any atom is -0.454 e. The molecule has 0 spiro atoms. The number of benzene rings is 1. The van der Waals surface area contributed by atoms with Crippen molar-refractivity contribution in [3.63, 3.8) is 0 Å². The second kappa shape index (κ2) is 7.92. The second-order valence-corrected chi connectivity index (χ2v) is 7.89. The largest absolute Gasteiger partial charge is 0.454 e. The molecule has 25 heavy (non-hydrogen) atoms. The zero-order chi connectivity index (χ0) is 18.6. The Morgan fingerprint density at radius 2 is 2.04 bits per heavy atom. The van der Waals surface area contributed by atoms with Gasteiger partial charge in [-0.3, -0.25) is 9.59 Å². The molecule has 0 aliphatic carbocycles. The van der Waals surface area contributed by atoms with Crippen molar-refractivity contribution < 1.29 is 27.1 Å². The van der Waals surface area contributed by atoms with Gasteiger partial charge in [-0.05, 0) is 38.8 Å². The number of hydrogen-bond donors (Lipinski definition) is 1. The smallest absolute Gasteiger partial charge is 0.324 e. The van der Waals surface area contributed by atoms with Crippen molar-refractivity contribution in [1.82, 2.24) is 9.62 Å². The zero-order valence-electron chi connectivity index (χ0n) is 14.1. The van der Waals surface area contributed by atoms with Crippen molar-refractivity contribution in [2.24, 2.45) is 0 Å². The van der Waals surface area contributed by atoms with Crippen LogP contribution in [-0.4, -0.2) is 49.8 Å². The molecule has 0 unspecified atom stereocenters. The minimum atomic E-state index is -4.16. The quantitative estimate of drug-likeness (QED) is 0.754. The summed E-state index contributed by atoms with van der Waals surface area (Å²) in [5.74, 6) is -2.15. The third-order valence-corrected chi connectivity index (χ3v) is 5.64. The van der Waals surface area contributed by atoms with Crippen LogP contribution in [0.25, 0.3) is 0 Å². The van der Waals surface area contributed by atoms with Crippen LogP contribution in [0.2, 0.25) is 0 Å². The van der Waals surface area contributed by atoms with Gasteiger partial charge in [-0.2, -0.15) is 4.31 Å². The van der Waals surface area contributed by atoms with E-state index in [4.69, 9.17) is 4.74 Å². The molecule has 1 aliphatic heterocycles. The lowest BCUT2D eigenvalue weighted by Gasteiger charge is -2.23. The van der Waals surface area contributed by atoms with Crippen molar-refractivity contribution in [3.8, 4) is 0 Å². The highest BCUT2D eigenvalue weighted by Gasteiger charge is 2.41. The summed E-state index contributed by atoms with van der Waals surface area (Å²) < 4.78 is 45.0. The van der Waals surface area contributed by atoms with Crippen LogP contribution in [0, 0.1) is 5.82 Å². The summed E-state index contributed by atoms with van der Waals surface area (Å²) in [6.45, 7) is 3.13. The number of sulfonamides is 1. The van der Waals surface area contributed by atoms with Gasteiger partial charge >= 0.3 is 5.97 Å². The first-order valence-electron chi connectivity index (χ1n) is 7.96. The number of halogens is 1. The van der Waals surface area contributed by atoms with Crippen LogP contribution in [0.3, 0.4) is 0 Å². The van der Waals surface area contributed by atoms with Crippen molar-refractivity contribution in [3.05, 3.63) is 30.1 Å². The molecule has 1 fully saturated rings. The monoisotopic (exact) mass is 372 g/mol. The van der Waals surface area contributed by atoms with Crippen LogP contribution in [0.4, 0.5) is 4.39 Å². The summed E-state index contributed by atoms with van der Waals surface area (Å²) in [5.41, 5.74) is 0. The lowest BCUT2D eigenvalue weighted by molar-refractivity contribution is -0.151. The predicted molar refractivity (Wildman–Crippen MR) is 87.6 cm³/mol. The summed E-state index contributed by atoms with van der Waals surface area (Å²) in [4.78, 5) is 23.3. The minimum absolute atomic E-state index is 0.0919. The average molecular weight is 372 g/mol. The number of esters is 1. The number of carbonyl (C=O) groups is 2. The first-order valence-corrected chi connectivity index (χ1v) is 9.40. The molecule has 1 heterocycles. The van der Waals surface area contributed by atoms with Gasteiger partial charge < -0.3 is 10.1 Å². The van der Waals surface area contributed by atoms with Crippen molar-refractivity contribution in [2.75, 3.05) is 13.2 Å². The Kier molecular flexibility index (Phi) is 6.12. The molecule has 9 heteroatoms. The van der Waals surface area contributed by atoms with Gasteiger partial charge in [0, 0.05) is 12.6 Å². The number of nitrogens with one attached hydrogen (secondary N) is 1. The third kappa shape index (κ3) is 4.55. The molecule has 138 valence electrons. The van der Waals surface area contributed by atoms with Gasteiger partial charge in [-0.25, -0.2) is 12.8 Å². The van der Waals surface area contributed by atoms with E-state index >= 15 is 0 Å². The van der Waals surface area contributed by atoms with Gasteiger partial charge in [-0.15, -0.1) is 0 Å². The zero-order valence-corrected chi connectivity index (χ0v) is 14.9. The number of hydrogen-bond acceptors (Lipinski definition) is 5. The summed E-state index contributed by atoms with van der Waals surface area (Å²) in [7, 11) is -4.16. The highest BCUT2D eigenvalue weighted by Crippen LogP contribution is 2.28. The molecule has 7 nitrogen and oxygen atoms in total. The fourth-order valence-corrected chi connectivity index (χ4v) is 4.35. The molecular formula is C16H21FN2O5S. The van der Waals surface area contributed by atoms with E-state index in [2.05, 4.69) is 5.32 Å². The van der Waals surface area contributed by atoms with E-state index in [9.17, 15) is 22.4 Å². The Balaban J connectivity index is 2.10. The molecule has 0 radical (unpaired) electrons.